The van der Waals surface area contributed by atoms with Gasteiger partial charge in [0.25, 0.3) is 5.91 Å². The predicted molar refractivity (Wildman–Crippen MR) is 118 cm³/mol. The fourth-order valence-corrected chi connectivity index (χ4v) is 3.76. The molecule has 1 aliphatic rings. The van der Waals surface area contributed by atoms with Gasteiger partial charge in [0.1, 0.15) is 11.8 Å². The number of carbonyl (C=O) groups is 2. The number of ether oxygens (including phenoxy) is 1. The lowest BCUT2D eigenvalue weighted by Crippen LogP contribution is -2.47. The quantitative estimate of drug-likeness (QED) is 0.674. The van der Waals surface area contributed by atoms with Crippen molar-refractivity contribution in [3.8, 4) is 5.75 Å². The van der Waals surface area contributed by atoms with Crippen LogP contribution in [-0.4, -0.2) is 49.5 Å². The summed E-state index contributed by atoms with van der Waals surface area (Å²) in [7, 11) is 1.65. The van der Waals surface area contributed by atoms with Crippen LogP contribution in [-0.2, 0) is 4.79 Å². The lowest BCUT2D eigenvalue weighted by atomic mass is 10.0. The molecule has 0 radical (unpaired) electrons. The van der Waals surface area contributed by atoms with Crippen molar-refractivity contribution in [3.63, 3.8) is 0 Å². The molecule has 2 amide bonds. The third-order valence-corrected chi connectivity index (χ3v) is 5.65. The summed E-state index contributed by atoms with van der Waals surface area (Å²) >= 11 is 5.86. The molecular formula is C23H28ClN3O3. The molecule has 7 heteroatoms. The van der Waals surface area contributed by atoms with Gasteiger partial charge in [-0.1, -0.05) is 23.7 Å². The summed E-state index contributed by atoms with van der Waals surface area (Å²) in [6.07, 6.45) is 2.32. The molecule has 3 rings (SSSR count). The van der Waals surface area contributed by atoms with Crippen molar-refractivity contribution in [1.29, 1.82) is 0 Å². The number of nitrogens with one attached hydrogen (secondary N) is 2. The molecule has 2 aromatic carbocycles. The second-order valence-corrected chi connectivity index (χ2v) is 7.92. The summed E-state index contributed by atoms with van der Waals surface area (Å²) in [5.41, 5.74) is 1.60. The zero-order chi connectivity index (χ0) is 21.5. The number of amides is 2. The third kappa shape index (κ3) is 5.74. The van der Waals surface area contributed by atoms with Crippen molar-refractivity contribution in [1.82, 2.24) is 15.5 Å². The highest BCUT2D eigenvalue weighted by atomic mass is 35.5. The molecule has 1 heterocycles. The SMILES string of the molecule is COc1ccc(C(CNC(=O)C(C)NC(=O)c2ccc(Cl)cc2)N2CCCC2)cc1. The number of nitrogens with zero attached hydrogens (tertiary/aromatic N) is 1. The van der Waals surface area contributed by atoms with E-state index in [0.29, 0.717) is 17.1 Å². The van der Waals surface area contributed by atoms with Crippen LogP contribution in [0.3, 0.4) is 0 Å². The van der Waals surface area contributed by atoms with E-state index in [2.05, 4.69) is 15.5 Å². The lowest BCUT2D eigenvalue weighted by molar-refractivity contribution is -0.122. The fourth-order valence-electron chi connectivity index (χ4n) is 3.63. The van der Waals surface area contributed by atoms with Crippen LogP contribution in [0.2, 0.25) is 5.02 Å². The number of carbonyl (C=O) groups excluding carboxylic acids is 2. The van der Waals surface area contributed by atoms with E-state index in [4.69, 9.17) is 16.3 Å². The topological polar surface area (TPSA) is 70.7 Å². The summed E-state index contributed by atoms with van der Waals surface area (Å²) < 4.78 is 5.25. The molecule has 1 aliphatic heterocycles. The smallest absolute Gasteiger partial charge is 0.251 e. The van der Waals surface area contributed by atoms with Gasteiger partial charge >= 0.3 is 0 Å². The number of hydrogen-bond acceptors (Lipinski definition) is 4. The van der Waals surface area contributed by atoms with Crippen molar-refractivity contribution in [2.45, 2.75) is 31.8 Å². The standard InChI is InChI=1S/C23H28ClN3O3/c1-16(26-23(29)18-5-9-19(24)10-6-18)22(28)25-15-21(27-13-3-4-14-27)17-7-11-20(30-2)12-8-17/h5-12,16,21H,3-4,13-15H2,1-2H3,(H,25,28)(H,26,29). The first-order valence-electron chi connectivity index (χ1n) is 10.2. The molecule has 2 atom stereocenters. The number of benzene rings is 2. The van der Waals surface area contributed by atoms with Gasteiger partial charge in [-0.15, -0.1) is 0 Å². The van der Waals surface area contributed by atoms with Gasteiger partial charge in [0.05, 0.1) is 13.2 Å². The molecular weight excluding hydrogens is 402 g/mol. The molecule has 0 bridgehead atoms. The van der Waals surface area contributed by atoms with Gasteiger partial charge in [0.15, 0.2) is 0 Å². The maximum absolute atomic E-state index is 12.6. The average molecular weight is 430 g/mol. The number of methoxy groups -OCH3 is 1. The van der Waals surface area contributed by atoms with E-state index in [0.717, 1.165) is 37.2 Å². The molecule has 0 aromatic heterocycles. The van der Waals surface area contributed by atoms with Crippen molar-refractivity contribution in [2.24, 2.45) is 0 Å². The van der Waals surface area contributed by atoms with Crippen LogP contribution in [0.4, 0.5) is 0 Å². The molecule has 160 valence electrons. The maximum Gasteiger partial charge on any atom is 0.251 e. The van der Waals surface area contributed by atoms with Crippen LogP contribution >= 0.6 is 11.6 Å². The Morgan fingerprint density at radius 1 is 1.07 bits per heavy atom. The monoisotopic (exact) mass is 429 g/mol. The van der Waals surface area contributed by atoms with Gasteiger partial charge in [-0.3, -0.25) is 14.5 Å². The molecule has 6 nitrogen and oxygen atoms in total. The Balaban J connectivity index is 1.60. The van der Waals surface area contributed by atoms with Crippen LogP contribution in [0.15, 0.2) is 48.5 Å². The molecule has 2 N–H and O–H groups in total. The first-order chi connectivity index (χ1) is 14.5. The van der Waals surface area contributed by atoms with Gasteiger partial charge in [0.2, 0.25) is 5.91 Å². The second-order valence-electron chi connectivity index (χ2n) is 7.48. The van der Waals surface area contributed by atoms with Gasteiger partial charge in [-0.05, 0) is 74.8 Å². The highest BCUT2D eigenvalue weighted by Crippen LogP contribution is 2.26. The lowest BCUT2D eigenvalue weighted by Gasteiger charge is -2.29. The van der Waals surface area contributed by atoms with Crippen LogP contribution in [0.1, 0.15) is 41.7 Å². The maximum atomic E-state index is 12.6. The minimum absolute atomic E-state index is 0.0847. The Bertz CT molecular complexity index is 849. The molecule has 1 fully saturated rings. The largest absolute Gasteiger partial charge is 0.497 e. The van der Waals surface area contributed by atoms with Crippen molar-refractivity contribution in [2.75, 3.05) is 26.7 Å². The Morgan fingerprint density at radius 3 is 2.30 bits per heavy atom. The summed E-state index contributed by atoms with van der Waals surface area (Å²) in [4.78, 5) is 27.4. The number of halogens is 1. The van der Waals surface area contributed by atoms with Crippen LogP contribution in [0.5, 0.6) is 5.75 Å². The molecule has 30 heavy (non-hydrogen) atoms. The highest BCUT2D eigenvalue weighted by molar-refractivity contribution is 6.30. The van der Waals surface area contributed by atoms with Crippen molar-refractivity contribution in [3.05, 3.63) is 64.7 Å². The minimum atomic E-state index is -0.650. The van der Waals surface area contributed by atoms with E-state index in [1.165, 1.54) is 0 Å². The van der Waals surface area contributed by atoms with Crippen molar-refractivity contribution < 1.29 is 14.3 Å². The Labute approximate surface area is 182 Å². The normalized spacial score (nSPS) is 16.0. The number of likely N-dealkylation sites (tertiary alicyclic amines) is 1. The highest BCUT2D eigenvalue weighted by Gasteiger charge is 2.25. The molecule has 0 saturated carbocycles. The Hall–Kier alpha value is -2.57. The molecule has 0 aliphatic carbocycles. The molecule has 0 spiro atoms. The Morgan fingerprint density at radius 2 is 1.70 bits per heavy atom. The minimum Gasteiger partial charge on any atom is -0.497 e. The van der Waals surface area contributed by atoms with E-state index in [1.54, 1.807) is 38.3 Å². The van der Waals surface area contributed by atoms with Gasteiger partial charge < -0.3 is 15.4 Å². The molecule has 2 unspecified atom stereocenters. The summed E-state index contributed by atoms with van der Waals surface area (Å²) in [5, 5.41) is 6.30. The molecule has 2 aromatic rings. The van der Waals surface area contributed by atoms with Gasteiger partial charge in [-0.2, -0.15) is 0 Å². The van der Waals surface area contributed by atoms with E-state index in [1.807, 2.05) is 24.3 Å². The van der Waals surface area contributed by atoms with Gasteiger partial charge in [0, 0.05) is 17.1 Å². The van der Waals surface area contributed by atoms with Crippen molar-refractivity contribution >= 4 is 23.4 Å². The summed E-state index contributed by atoms with van der Waals surface area (Å²) in [6, 6.07) is 14.0. The van der Waals surface area contributed by atoms with E-state index < -0.39 is 6.04 Å². The van der Waals surface area contributed by atoms with E-state index in [9.17, 15) is 9.59 Å². The van der Waals surface area contributed by atoms with Crippen LogP contribution in [0.25, 0.3) is 0 Å². The van der Waals surface area contributed by atoms with Crippen LogP contribution < -0.4 is 15.4 Å². The number of hydrogen-bond donors (Lipinski definition) is 2. The van der Waals surface area contributed by atoms with Gasteiger partial charge in [-0.25, -0.2) is 0 Å². The van der Waals surface area contributed by atoms with E-state index >= 15 is 0 Å². The van der Waals surface area contributed by atoms with Crippen LogP contribution in [0, 0.1) is 0 Å². The summed E-state index contributed by atoms with van der Waals surface area (Å²) in [6.45, 7) is 4.18. The summed E-state index contributed by atoms with van der Waals surface area (Å²) in [5.74, 6) is 0.289. The second kappa shape index (κ2) is 10.5. The van der Waals surface area contributed by atoms with E-state index in [-0.39, 0.29) is 17.9 Å². The third-order valence-electron chi connectivity index (χ3n) is 5.40. The zero-order valence-corrected chi connectivity index (χ0v) is 18.1. The predicted octanol–water partition coefficient (Wildman–Crippen LogP) is 3.42. The zero-order valence-electron chi connectivity index (χ0n) is 17.4. The first kappa shape index (κ1) is 22.1. The average Bonchev–Trinajstić information content (AvgIpc) is 3.29. The first-order valence-corrected chi connectivity index (χ1v) is 10.6. The fraction of sp³-hybridized carbons (Fsp3) is 0.391. The Kier molecular flexibility index (Phi) is 7.71. The number of rotatable bonds is 8. The molecule has 1 saturated heterocycles.